The Balaban J connectivity index is 1.67. The molecule has 160 valence electrons. The van der Waals surface area contributed by atoms with Crippen LogP contribution in [0.1, 0.15) is 25.2 Å². The molecule has 8 nitrogen and oxygen atoms in total. The number of rotatable bonds is 6. The van der Waals surface area contributed by atoms with Crippen LogP contribution in [0.25, 0.3) is 21.9 Å². The Kier molecular flexibility index (Phi) is 5.20. The summed E-state index contributed by atoms with van der Waals surface area (Å²) >= 11 is 6.37. The van der Waals surface area contributed by atoms with E-state index in [1.54, 1.807) is 18.2 Å². The van der Waals surface area contributed by atoms with Crippen molar-refractivity contribution in [1.29, 1.82) is 0 Å². The number of benzene rings is 2. The molecular weight excluding hydrogens is 426 g/mol. The maximum absolute atomic E-state index is 13.5. The summed E-state index contributed by atoms with van der Waals surface area (Å²) in [7, 11) is 0. The van der Waals surface area contributed by atoms with Crippen molar-refractivity contribution in [3.63, 3.8) is 0 Å². The first-order valence-corrected chi connectivity index (χ1v) is 10.6. The van der Waals surface area contributed by atoms with Crippen LogP contribution in [0.15, 0.2) is 71.9 Å². The molecule has 0 aliphatic rings. The van der Waals surface area contributed by atoms with Crippen molar-refractivity contribution in [3.05, 3.63) is 88.3 Å². The monoisotopic (exact) mass is 445 g/mol. The molecule has 0 amide bonds. The number of anilines is 2. The second-order valence-electron chi connectivity index (χ2n) is 7.29. The first-order chi connectivity index (χ1) is 15.7. The molecule has 9 heteroatoms. The summed E-state index contributed by atoms with van der Waals surface area (Å²) in [5.74, 6) is 1.19. The number of H-pyrrole nitrogens is 1. The Labute approximate surface area is 188 Å². The van der Waals surface area contributed by atoms with Gasteiger partial charge in [-0.15, -0.1) is 0 Å². The van der Waals surface area contributed by atoms with Gasteiger partial charge in [0, 0.05) is 6.20 Å². The lowest BCUT2D eigenvalue weighted by Crippen LogP contribution is -2.34. The Hall–Kier alpha value is -3.91. The fourth-order valence-electron chi connectivity index (χ4n) is 3.69. The van der Waals surface area contributed by atoms with Gasteiger partial charge in [0.25, 0.3) is 5.56 Å². The topological polar surface area (TPSA) is 101 Å². The zero-order valence-corrected chi connectivity index (χ0v) is 18.0. The van der Waals surface area contributed by atoms with Gasteiger partial charge in [0.1, 0.15) is 17.8 Å². The van der Waals surface area contributed by atoms with Gasteiger partial charge in [0.2, 0.25) is 0 Å². The van der Waals surface area contributed by atoms with Crippen molar-refractivity contribution < 1.29 is 0 Å². The molecule has 0 aliphatic heterocycles. The molecule has 32 heavy (non-hydrogen) atoms. The number of fused-ring (bicyclic) bond motifs is 2. The highest BCUT2D eigenvalue weighted by atomic mass is 35.5. The predicted molar refractivity (Wildman–Crippen MR) is 127 cm³/mol. The third-order valence-electron chi connectivity index (χ3n) is 5.27. The summed E-state index contributed by atoms with van der Waals surface area (Å²) in [6.07, 6.45) is 3.97. The third-order valence-corrected chi connectivity index (χ3v) is 5.59. The largest absolute Gasteiger partial charge is 0.359 e. The van der Waals surface area contributed by atoms with Crippen LogP contribution >= 0.6 is 11.6 Å². The van der Waals surface area contributed by atoms with Crippen molar-refractivity contribution in [2.45, 2.75) is 19.4 Å². The molecule has 0 saturated carbocycles. The zero-order valence-electron chi connectivity index (χ0n) is 17.2. The molecule has 1 atom stereocenters. The molecule has 0 radical (unpaired) electrons. The lowest BCUT2D eigenvalue weighted by Gasteiger charge is -2.23. The Bertz CT molecular complexity index is 1460. The Morgan fingerprint density at radius 1 is 1.09 bits per heavy atom. The van der Waals surface area contributed by atoms with E-state index in [9.17, 15) is 4.79 Å². The van der Waals surface area contributed by atoms with Crippen LogP contribution in [-0.2, 0) is 0 Å². The van der Waals surface area contributed by atoms with Crippen LogP contribution in [0.5, 0.6) is 0 Å². The van der Waals surface area contributed by atoms with Gasteiger partial charge in [-0.1, -0.05) is 42.8 Å². The maximum Gasteiger partial charge on any atom is 0.281 e. The van der Waals surface area contributed by atoms with Crippen molar-refractivity contribution in [2.24, 2.45) is 0 Å². The van der Waals surface area contributed by atoms with E-state index < -0.39 is 0 Å². The van der Waals surface area contributed by atoms with Gasteiger partial charge < -0.3 is 10.3 Å². The average molecular weight is 446 g/mol. The van der Waals surface area contributed by atoms with Crippen LogP contribution in [-0.4, -0.2) is 24.6 Å². The summed E-state index contributed by atoms with van der Waals surface area (Å²) in [5.41, 5.74) is 4.96. The minimum atomic E-state index is -0.310. The summed E-state index contributed by atoms with van der Waals surface area (Å²) in [4.78, 5) is 30.1. The number of aromatic amines is 1. The highest BCUT2D eigenvalue weighted by molar-refractivity contribution is 6.35. The standard InChI is InChI=1S/C23H20ClN7O/c1-2-17(28-21-15-11-12-25-20(15)26-13-27-21)22-29-18-10-6-9-16(24)19(18)23(32)31(22)30-14-7-4-3-5-8-14/h3-13,17,30H,2H2,1H3,(H2,25,26,27,28)/t17-/m0/s1. The molecule has 0 spiro atoms. The van der Waals surface area contributed by atoms with Gasteiger partial charge in [0.05, 0.1) is 33.0 Å². The molecule has 2 aromatic carbocycles. The minimum Gasteiger partial charge on any atom is -0.359 e. The van der Waals surface area contributed by atoms with E-state index in [4.69, 9.17) is 16.6 Å². The van der Waals surface area contributed by atoms with E-state index in [2.05, 4.69) is 25.7 Å². The lowest BCUT2D eigenvalue weighted by molar-refractivity contribution is 0.641. The zero-order chi connectivity index (χ0) is 22.1. The summed E-state index contributed by atoms with van der Waals surface area (Å²) in [6.45, 7) is 2.02. The Morgan fingerprint density at radius 2 is 1.94 bits per heavy atom. The number of hydrogen-bond acceptors (Lipinski definition) is 6. The van der Waals surface area contributed by atoms with E-state index in [0.29, 0.717) is 34.0 Å². The number of halogens is 1. The first-order valence-electron chi connectivity index (χ1n) is 10.2. The number of hydrogen-bond donors (Lipinski definition) is 3. The quantitative estimate of drug-likeness (QED) is 0.348. The van der Waals surface area contributed by atoms with E-state index in [1.165, 1.54) is 11.0 Å². The second-order valence-corrected chi connectivity index (χ2v) is 7.70. The van der Waals surface area contributed by atoms with Crippen LogP contribution in [0.2, 0.25) is 5.02 Å². The van der Waals surface area contributed by atoms with Gasteiger partial charge >= 0.3 is 0 Å². The fraction of sp³-hybridized carbons (Fsp3) is 0.130. The molecule has 0 unspecified atom stereocenters. The first kappa shape index (κ1) is 20.0. The number of para-hydroxylation sites is 1. The number of nitrogens with zero attached hydrogens (tertiary/aromatic N) is 4. The molecule has 5 aromatic rings. The van der Waals surface area contributed by atoms with E-state index in [-0.39, 0.29) is 11.6 Å². The predicted octanol–water partition coefficient (Wildman–Crippen LogP) is 4.76. The molecule has 5 rings (SSSR count). The molecule has 3 N–H and O–H groups in total. The van der Waals surface area contributed by atoms with Crippen LogP contribution in [0, 0.1) is 0 Å². The normalized spacial score (nSPS) is 12.2. The molecule has 3 heterocycles. The molecule has 0 saturated heterocycles. The van der Waals surface area contributed by atoms with Gasteiger partial charge in [-0.25, -0.2) is 19.6 Å². The van der Waals surface area contributed by atoms with E-state index >= 15 is 0 Å². The van der Waals surface area contributed by atoms with Gasteiger partial charge in [-0.05, 0) is 36.8 Å². The lowest BCUT2D eigenvalue weighted by atomic mass is 10.1. The van der Waals surface area contributed by atoms with Crippen LogP contribution in [0.4, 0.5) is 11.5 Å². The second kappa shape index (κ2) is 8.32. The highest BCUT2D eigenvalue weighted by Gasteiger charge is 2.22. The van der Waals surface area contributed by atoms with Crippen molar-refractivity contribution in [2.75, 3.05) is 10.7 Å². The fourth-order valence-corrected chi connectivity index (χ4v) is 3.94. The van der Waals surface area contributed by atoms with Crippen LogP contribution < -0.4 is 16.3 Å². The van der Waals surface area contributed by atoms with Gasteiger partial charge in [0.15, 0.2) is 5.82 Å². The molecule has 0 aliphatic carbocycles. The van der Waals surface area contributed by atoms with Crippen molar-refractivity contribution in [3.8, 4) is 0 Å². The summed E-state index contributed by atoms with van der Waals surface area (Å²) < 4.78 is 1.46. The third kappa shape index (κ3) is 3.54. The Morgan fingerprint density at radius 3 is 2.75 bits per heavy atom. The summed E-state index contributed by atoms with van der Waals surface area (Å²) in [5, 5.41) is 5.03. The van der Waals surface area contributed by atoms with E-state index in [0.717, 1.165) is 16.7 Å². The smallest absolute Gasteiger partial charge is 0.281 e. The molecule has 0 fully saturated rings. The maximum atomic E-state index is 13.5. The highest BCUT2D eigenvalue weighted by Crippen LogP contribution is 2.27. The van der Waals surface area contributed by atoms with Gasteiger partial charge in [-0.3, -0.25) is 10.2 Å². The average Bonchev–Trinajstić information content (AvgIpc) is 3.30. The summed E-state index contributed by atoms with van der Waals surface area (Å²) in [6, 6.07) is 16.4. The molecular formula is C23H20ClN7O. The SMILES string of the molecule is CC[C@H](Nc1ncnc2[nH]ccc12)c1nc2cccc(Cl)c2c(=O)n1Nc1ccccc1. The molecule has 3 aromatic heterocycles. The van der Waals surface area contributed by atoms with Crippen molar-refractivity contribution >= 4 is 45.0 Å². The number of aromatic nitrogens is 5. The van der Waals surface area contributed by atoms with Gasteiger partial charge in [-0.2, -0.15) is 0 Å². The van der Waals surface area contributed by atoms with E-state index in [1.807, 2.05) is 49.5 Å². The number of nitrogens with one attached hydrogen (secondary N) is 3. The van der Waals surface area contributed by atoms with Crippen molar-refractivity contribution in [1.82, 2.24) is 24.6 Å². The molecule has 0 bridgehead atoms. The van der Waals surface area contributed by atoms with Crippen LogP contribution in [0.3, 0.4) is 0 Å². The minimum absolute atomic E-state index is 0.269.